The standard InChI is InChI=1S/C21H28N4O/c1-15-5-7-18(8-6-15)21(26)9-3-4-17-13-25(14-19(17)21)12-16-10-23-20(22-2)24-11-16/h5-8,10-11,17,19,26H,3-4,9,12-14H2,1-2H3,(H,22,23,24)/t17-,19-,21-/m0/s1. The second kappa shape index (κ2) is 6.97. The highest BCUT2D eigenvalue weighted by atomic mass is 16.3. The summed E-state index contributed by atoms with van der Waals surface area (Å²) in [6, 6.07) is 8.46. The molecule has 1 saturated heterocycles. The first kappa shape index (κ1) is 17.4. The van der Waals surface area contributed by atoms with E-state index in [1.807, 2.05) is 19.4 Å². The molecule has 26 heavy (non-hydrogen) atoms. The van der Waals surface area contributed by atoms with Crippen molar-refractivity contribution >= 4 is 5.95 Å². The van der Waals surface area contributed by atoms with E-state index >= 15 is 0 Å². The van der Waals surface area contributed by atoms with Gasteiger partial charge < -0.3 is 10.4 Å². The van der Waals surface area contributed by atoms with E-state index in [9.17, 15) is 5.11 Å². The van der Waals surface area contributed by atoms with Crippen LogP contribution in [0.1, 0.15) is 36.0 Å². The molecule has 2 heterocycles. The Morgan fingerprint density at radius 2 is 1.92 bits per heavy atom. The summed E-state index contributed by atoms with van der Waals surface area (Å²) >= 11 is 0. The summed E-state index contributed by atoms with van der Waals surface area (Å²) in [7, 11) is 1.83. The van der Waals surface area contributed by atoms with Crippen LogP contribution in [0.2, 0.25) is 0 Å². The second-order valence-electron chi connectivity index (χ2n) is 7.91. The molecule has 2 aliphatic rings. The minimum atomic E-state index is -0.697. The van der Waals surface area contributed by atoms with E-state index in [1.165, 1.54) is 12.0 Å². The van der Waals surface area contributed by atoms with E-state index in [0.29, 0.717) is 17.8 Å². The van der Waals surface area contributed by atoms with Gasteiger partial charge in [0.1, 0.15) is 0 Å². The molecule has 1 aliphatic carbocycles. The molecule has 2 fully saturated rings. The number of benzene rings is 1. The lowest BCUT2D eigenvalue weighted by Crippen LogP contribution is -2.42. The fourth-order valence-electron chi connectivity index (χ4n) is 4.77. The Bertz CT molecular complexity index is 746. The zero-order valence-corrected chi connectivity index (χ0v) is 15.7. The van der Waals surface area contributed by atoms with Crippen LogP contribution in [0.3, 0.4) is 0 Å². The average Bonchev–Trinajstić information content (AvgIpc) is 3.07. The molecule has 0 bridgehead atoms. The zero-order valence-electron chi connectivity index (χ0n) is 15.7. The number of aryl methyl sites for hydroxylation is 1. The minimum absolute atomic E-state index is 0.302. The third-order valence-electron chi connectivity index (χ3n) is 6.15. The van der Waals surface area contributed by atoms with Crippen molar-refractivity contribution in [2.24, 2.45) is 11.8 Å². The molecule has 2 aromatic rings. The fourth-order valence-corrected chi connectivity index (χ4v) is 4.77. The van der Waals surface area contributed by atoms with Crippen molar-refractivity contribution in [1.29, 1.82) is 0 Å². The molecule has 5 heteroatoms. The van der Waals surface area contributed by atoms with Crippen LogP contribution in [0.4, 0.5) is 5.95 Å². The van der Waals surface area contributed by atoms with Gasteiger partial charge in [0.15, 0.2) is 0 Å². The third-order valence-corrected chi connectivity index (χ3v) is 6.15. The summed E-state index contributed by atoms with van der Waals surface area (Å²) in [6.07, 6.45) is 6.97. The SMILES string of the molecule is CNc1ncc(CN2C[C@@H]3CCC[C@](O)(c4ccc(C)cc4)[C@H]3C2)cn1. The summed E-state index contributed by atoms with van der Waals surface area (Å²) in [6.45, 7) is 4.92. The van der Waals surface area contributed by atoms with Crippen molar-refractivity contribution in [1.82, 2.24) is 14.9 Å². The van der Waals surface area contributed by atoms with E-state index in [-0.39, 0.29) is 0 Å². The Morgan fingerprint density at radius 1 is 1.19 bits per heavy atom. The first-order valence-corrected chi connectivity index (χ1v) is 9.59. The fraction of sp³-hybridized carbons (Fsp3) is 0.524. The molecule has 138 valence electrons. The molecule has 4 rings (SSSR count). The van der Waals surface area contributed by atoms with Crippen molar-refractivity contribution < 1.29 is 5.11 Å². The number of nitrogens with zero attached hydrogens (tertiary/aromatic N) is 3. The van der Waals surface area contributed by atoms with E-state index < -0.39 is 5.60 Å². The number of aliphatic hydroxyl groups is 1. The molecule has 2 N–H and O–H groups in total. The number of nitrogens with one attached hydrogen (secondary N) is 1. The molecule has 0 spiro atoms. The van der Waals surface area contributed by atoms with E-state index in [4.69, 9.17) is 0 Å². The number of rotatable bonds is 4. The molecule has 1 aromatic heterocycles. The van der Waals surface area contributed by atoms with Crippen molar-refractivity contribution in [2.75, 3.05) is 25.5 Å². The Hall–Kier alpha value is -1.98. The largest absolute Gasteiger partial charge is 0.385 e. The van der Waals surface area contributed by atoms with Gasteiger partial charge >= 0.3 is 0 Å². The van der Waals surface area contributed by atoms with E-state index in [1.54, 1.807) is 0 Å². The smallest absolute Gasteiger partial charge is 0.222 e. The van der Waals surface area contributed by atoms with Gasteiger partial charge in [-0.2, -0.15) is 0 Å². The van der Waals surface area contributed by atoms with Crippen LogP contribution >= 0.6 is 0 Å². The molecule has 0 unspecified atom stereocenters. The highest BCUT2D eigenvalue weighted by Gasteiger charge is 2.49. The number of hydrogen-bond acceptors (Lipinski definition) is 5. The van der Waals surface area contributed by atoms with Gasteiger partial charge in [0.25, 0.3) is 0 Å². The van der Waals surface area contributed by atoms with Crippen molar-refractivity contribution in [3.63, 3.8) is 0 Å². The third kappa shape index (κ3) is 3.21. The van der Waals surface area contributed by atoms with E-state index in [2.05, 4.69) is 51.4 Å². The highest BCUT2D eigenvalue weighted by Crippen LogP contribution is 2.48. The maximum Gasteiger partial charge on any atom is 0.222 e. The molecule has 5 nitrogen and oxygen atoms in total. The zero-order chi connectivity index (χ0) is 18.1. The van der Waals surface area contributed by atoms with Gasteiger partial charge in [-0.25, -0.2) is 9.97 Å². The predicted octanol–water partition coefficient (Wildman–Crippen LogP) is 2.95. The topological polar surface area (TPSA) is 61.3 Å². The number of aromatic nitrogens is 2. The van der Waals surface area contributed by atoms with Crippen molar-refractivity contribution in [3.05, 3.63) is 53.3 Å². The van der Waals surface area contributed by atoms with Gasteiger partial charge in [-0.1, -0.05) is 29.8 Å². The first-order valence-electron chi connectivity index (χ1n) is 9.59. The van der Waals surface area contributed by atoms with Gasteiger partial charge in [-0.05, 0) is 37.7 Å². The summed E-state index contributed by atoms with van der Waals surface area (Å²) in [5, 5.41) is 14.5. The van der Waals surface area contributed by atoms with Crippen LogP contribution in [0, 0.1) is 18.8 Å². The molecule has 0 radical (unpaired) electrons. The van der Waals surface area contributed by atoms with Crippen LogP contribution in [-0.2, 0) is 12.1 Å². The Morgan fingerprint density at radius 3 is 2.62 bits per heavy atom. The van der Waals surface area contributed by atoms with Crippen LogP contribution in [0.5, 0.6) is 0 Å². The first-order chi connectivity index (χ1) is 12.6. The summed E-state index contributed by atoms with van der Waals surface area (Å²) in [4.78, 5) is 11.1. The Balaban J connectivity index is 1.51. The van der Waals surface area contributed by atoms with Crippen LogP contribution in [-0.4, -0.2) is 40.1 Å². The number of fused-ring (bicyclic) bond motifs is 1. The monoisotopic (exact) mass is 352 g/mol. The molecule has 1 aromatic carbocycles. The molecule has 3 atom stereocenters. The lowest BCUT2D eigenvalue weighted by Gasteiger charge is -2.41. The van der Waals surface area contributed by atoms with Gasteiger partial charge in [-0.3, -0.25) is 4.90 Å². The lowest BCUT2D eigenvalue weighted by atomic mass is 9.67. The number of hydrogen-bond donors (Lipinski definition) is 2. The molecular formula is C21H28N4O. The Labute approximate surface area is 155 Å². The maximum atomic E-state index is 11.6. The molecule has 1 aliphatic heterocycles. The Kier molecular flexibility index (Phi) is 4.67. The molecule has 0 amide bonds. The highest BCUT2D eigenvalue weighted by molar-refractivity contribution is 5.29. The average molecular weight is 352 g/mol. The van der Waals surface area contributed by atoms with Crippen LogP contribution < -0.4 is 5.32 Å². The predicted molar refractivity (Wildman–Crippen MR) is 103 cm³/mol. The van der Waals surface area contributed by atoms with Crippen molar-refractivity contribution in [3.8, 4) is 0 Å². The van der Waals surface area contributed by atoms with Gasteiger partial charge in [0, 0.05) is 50.6 Å². The van der Waals surface area contributed by atoms with Crippen LogP contribution in [0.15, 0.2) is 36.7 Å². The quantitative estimate of drug-likeness (QED) is 0.886. The summed E-state index contributed by atoms with van der Waals surface area (Å²) in [5.74, 6) is 1.52. The van der Waals surface area contributed by atoms with E-state index in [0.717, 1.165) is 43.6 Å². The minimum Gasteiger partial charge on any atom is -0.385 e. The van der Waals surface area contributed by atoms with Gasteiger partial charge in [0.05, 0.1) is 5.60 Å². The van der Waals surface area contributed by atoms with Gasteiger partial charge in [0.2, 0.25) is 5.95 Å². The summed E-state index contributed by atoms with van der Waals surface area (Å²) < 4.78 is 0. The normalized spacial score (nSPS) is 28.7. The maximum absolute atomic E-state index is 11.6. The van der Waals surface area contributed by atoms with Gasteiger partial charge in [-0.15, -0.1) is 0 Å². The summed E-state index contributed by atoms with van der Waals surface area (Å²) in [5.41, 5.74) is 2.75. The molecule has 1 saturated carbocycles. The van der Waals surface area contributed by atoms with Crippen LogP contribution in [0.25, 0.3) is 0 Å². The van der Waals surface area contributed by atoms with Crippen molar-refractivity contribution in [2.45, 2.75) is 38.3 Å². The second-order valence-corrected chi connectivity index (χ2v) is 7.91. The molecular weight excluding hydrogens is 324 g/mol. The number of anilines is 1. The number of likely N-dealkylation sites (tertiary alicyclic amines) is 1. The lowest BCUT2D eigenvalue weighted by molar-refractivity contribution is -0.0648.